The van der Waals surface area contributed by atoms with Gasteiger partial charge in [0.2, 0.25) is 0 Å². The highest BCUT2D eigenvalue weighted by Crippen LogP contribution is 2.18. The average molecular weight is 235 g/mol. The number of benzene rings is 1. The van der Waals surface area contributed by atoms with E-state index in [-0.39, 0.29) is 11.9 Å². The molecule has 1 amide bonds. The lowest BCUT2D eigenvalue weighted by Gasteiger charge is -2.28. The highest BCUT2D eigenvalue weighted by molar-refractivity contribution is 5.99. The van der Waals surface area contributed by atoms with Crippen LogP contribution in [0.1, 0.15) is 37.6 Å². The van der Waals surface area contributed by atoms with Crippen molar-refractivity contribution in [3.05, 3.63) is 29.8 Å². The molecule has 4 nitrogen and oxygen atoms in total. The monoisotopic (exact) mass is 235 g/mol. The van der Waals surface area contributed by atoms with E-state index in [2.05, 4.69) is 19.3 Å². The minimum absolute atomic E-state index is 0.0235. The maximum absolute atomic E-state index is 12.4. The molecule has 0 heterocycles. The summed E-state index contributed by atoms with van der Waals surface area (Å²) in [4.78, 5) is 14.2. The fourth-order valence-electron chi connectivity index (χ4n) is 1.83. The van der Waals surface area contributed by atoms with Gasteiger partial charge >= 0.3 is 0 Å². The zero-order valence-electron chi connectivity index (χ0n) is 10.7. The SMILES string of the molecule is CCC(C)N(CC)C(=O)c1ccccc1NN. The van der Waals surface area contributed by atoms with E-state index >= 15 is 0 Å². The van der Waals surface area contributed by atoms with Gasteiger partial charge in [-0.2, -0.15) is 0 Å². The molecule has 0 aromatic heterocycles. The van der Waals surface area contributed by atoms with E-state index in [1.807, 2.05) is 24.0 Å². The summed E-state index contributed by atoms with van der Waals surface area (Å²) < 4.78 is 0. The number of carbonyl (C=O) groups excluding carboxylic acids is 1. The van der Waals surface area contributed by atoms with E-state index in [0.717, 1.165) is 6.42 Å². The molecule has 1 rings (SSSR count). The van der Waals surface area contributed by atoms with Crippen molar-refractivity contribution in [2.45, 2.75) is 33.2 Å². The number of para-hydroxylation sites is 1. The molecule has 0 aliphatic rings. The van der Waals surface area contributed by atoms with Gasteiger partial charge in [-0.05, 0) is 32.4 Å². The molecule has 1 aromatic rings. The van der Waals surface area contributed by atoms with Crippen LogP contribution in [0.5, 0.6) is 0 Å². The van der Waals surface area contributed by atoms with Crippen LogP contribution in [0.3, 0.4) is 0 Å². The molecule has 1 aromatic carbocycles. The van der Waals surface area contributed by atoms with E-state index in [1.54, 1.807) is 12.1 Å². The molecular formula is C13H21N3O. The summed E-state index contributed by atoms with van der Waals surface area (Å²) >= 11 is 0. The van der Waals surface area contributed by atoms with Gasteiger partial charge in [-0.15, -0.1) is 0 Å². The number of rotatable bonds is 5. The largest absolute Gasteiger partial charge is 0.336 e. The standard InChI is InChI=1S/C13H21N3O/c1-4-10(3)16(5-2)13(17)11-8-6-7-9-12(11)15-14/h6-10,15H,4-5,14H2,1-3H3. The summed E-state index contributed by atoms with van der Waals surface area (Å²) in [6.45, 7) is 6.82. The summed E-state index contributed by atoms with van der Waals surface area (Å²) in [6, 6.07) is 7.53. The molecule has 0 spiro atoms. The topological polar surface area (TPSA) is 58.4 Å². The maximum Gasteiger partial charge on any atom is 0.256 e. The first-order valence-electron chi connectivity index (χ1n) is 6.02. The number of nitrogens with two attached hydrogens (primary N) is 1. The maximum atomic E-state index is 12.4. The van der Waals surface area contributed by atoms with Gasteiger partial charge in [0.25, 0.3) is 5.91 Å². The molecule has 0 aliphatic heterocycles. The van der Waals surface area contributed by atoms with Crippen LogP contribution in [0, 0.1) is 0 Å². The second-order valence-corrected chi connectivity index (χ2v) is 4.04. The zero-order valence-corrected chi connectivity index (χ0v) is 10.7. The Morgan fingerprint density at radius 2 is 2.06 bits per heavy atom. The smallest absolute Gasteiger partial charge is 0.256 e. The average Bonchev–Trinajstić information content (AvgIpc) is 2.38. The van der Waals surface area contributed by atoms with Crippen LogP contribution in [0.4, 0.5) is 5.69 Å². The van der Waals surface area contributed by atoms with E-state index < -0.39 is 0 Å². The van der Waals surface area contributed by atoms with Crippen molar-refractivity contribution in [2.24, 2.45) is 5.84 Å². The molecule has 17 heavy (non-hydrogen) atoms. The normalized spacial score (nSPS) is 12.0. The van der Waals surface area contributed by atoms with Crippen LogP contribution in [0.25, 0.3) is 0 Å². The van der Waals surface area contributed by atoms with E-state index in [0.29, 0.717) is 17.8 Å². The van der Waals surface area contributed by atoms with Crippen LogP contribution in [-0.2, 0) is 0 Å². The summed E-state index contributed by atoms with van der Waals surface area (Å²) in [5, 5.41) is 0. The molecule has 0 bridgehead atoms. The van der Waals surface area contributed by atoms with Gasteiger partial charge in [-0.3, -0.25) is 10.6 Å². The number of anilines is 1. The van der Waals surface area contributed by atoms with Crippen LogP contribution < -0.4 is 11.3 Å². The van der Waals surface area contributed by atoms with Crippen molar-refractivity contribution in [3.8, 4) is 0 Å². The van der Waals surface area contributed by atoms with Crippen molar-refractivity contribution in [2.75, 3.05) is 12.0 Å². The quantitative estimate of drug-likeness (QED) is 0.608. The lowest BCUT2D eigenvalue weighted by atomic mass is 10.1. The summed E-state index contributed by atoms with van der Waals surface area (Å²) in [5.74, 6) is 5.44. The van der Waals surface area contributed by atoms with Crippen molar-refractivity contribution in [1.82, 2.24) is 4.90 Å². The summed E-state index contributed by atoms with van der Waals surface area (Å²) in [5.41, 5.74) is 3.85. The molecular weight excluding hydrogens is 214 g/mol. The minimum Gasteiger partial charge on any atom is -0.336 e. The first-order chi connectivity index (χ1) is 8.15. The molecule has 3 N–H and O–H groups in total. The Bertz CT molecular complexity index is 379. The molecule has 0 aliphatic carbocycles. The lowest BCUT2D eigenvalue weighted by Crippen LogP contribution is -2.38. The second kappa shape index (κ2) is 6.25. The molecule has 1 unspecified atom stereocenters. The fourth-order valence-corrected chi connectivity index (χ4v) is 1.83. The molecule has 94 valence electrons. The molecule has 0 saturated carbocycles. The van der Waals surface area contributed by atoms with Crippen molar-refractivity contribution in [3.63, 3.8) is 0 Å². The van der Waals surface area contributed by atoms with Crippen LogP contribution >= 0.6 is 0 Å². The predicted octanol–water partition coefficient (Wildman–Crippen LogP) is 2.23. The highest BCUT2D eigenvalue weighted by Gasteiger charge is 2.20. The third-order valence-corrected chi connectivity index (χ3v) is 3.04. The van der Waals surface area contributed by atoms with Gasteiger partial charge in [0, 0.05) is 12.6 Å². The fraction of sp³-hybridized carbons (Fsp3) is 0.462. The third kappa shape index (κ3) is 2.97. The number of carbonyl (C=O) groups is 1. The number of hydrogen-bond acceptors (Lipinski definition) is 3. The van der Waals surface area contributed by atoms with Crippen molar-refractivity contribution in [1.29, 1.82) is 0 Å². The molecule has 0 saturated heterocycles. The van der Waals surface area contributed by atoms with Crippen LogP contribution in [0.15, 0.2) is 24.3 Å². The van der Waals surface area contributed by atoms with Crippen LogP contribution in [-0.4, -0.2) is 23.4 Å². The Hall–Kier alpha value is -1.55. The molecule has 0 radical (unpaired) electrons. The first-order valence-corrected chi connectivity index (χ1v) is 6.02. The Morgan fingerprint density at radius 3 is 2.59 bits per heavy atom. The molecule has 4 heteroatoms. The Morgan fingerprint density at radius 1 is 1.41 bits per heavy atom. The Balaban J connectivity index is 3.01. The van der Waals surface area contributed by atoms with Gasteiger partial charge < -0.3 is 10.3 Å². The first kappa shape index (κ1) is 13.5. The number of amides is 1. The van der Waals surface area contributed by atoms with Crippen LogP contribution in [0.2, 0.25) is 0 Å². The Labute approximate surface area is 103 Å². The van der Waals surface area contributed by atoms with Gasteiger partial charge in [-0.25, -0.2) is 0 Å². The van der Waals surface area contributed by atoms with Crippen molar-refractivity contribution >= 4 is 11.6 Å². The lowest BCUT2D eigenvalue weighted by molar-refractivity contribution is 0.0701. The molecule has 1 atom stereocenters. The third-order valence-electron chi connectivity index (χ3n) is 3.04. The van der Waals surface area contributed by atoms with Crippen molar-refractivity contribution < 1.29 is 4.79 Å². The van der Waals surface area contributed by atoms with Gasteiger partial charge in [0.15, 0.2) is 0 Å². The van der Waals surface area contributed by atoms with E-state index in [4.69, 9.17) is 5.84 Å². The second-order valence-electron chi connectivity index (χ2n) is 4.04. The number of nitrogen functional groups attached to an aromatic ring is 1. The minimum atomic E-state index is 0.0235. The number of nitrogens with one attached hydrogen (secondary N) is 1. The highest BCUT2D eigenvalue weighted by atomic mass is 16.2. The van der Waals surface area contributed by atoms with E-state index in [9.17, 15) is 4.79 Å². The Kier molecular flexibility index (Phi) is 4.97. The summed E-state index contributed by atoms with van der Waals surface area (Å²) in [7, 11) is 0. The number of hydrazine groups is 1. The summed E-state index contributed by atoms with van der Waals surface area (Å²) in [6.07, 6.45) is 0.942. The van der Waals surface area contributed by atoms with Gasteiger partial charge in [0.05, 0.1) is 11.3 Å². The predicted molar refractivity (Wildman–Crippen MR) is 70.7 cm³/mol. The van der Waals surface area contributed by atoms with Gasteiger partial charge in [0.1, 0.15) is 0 Å². The number of hydrogen-bond donors (Lipinski definition) is 2. The van der Waals surface area contributed by atoms with Gasteiger partial charge in [-0.1, -0.05) is 19.1 Å². The van der Waals surface area contributed by atoms with E-state index in [1.165, 1.54) is 0 Å². The number of nitrogens with zero attached hydrogens (tertiary/aromatic N) is 1. The zero-order chi connectivity index (χ0) is 12.8. The molecule has 0 fully saturated rings.